The van der Waals surface area contributed by atoms with Crippen molar-refractivity contribution in [1.29, 1.82) is 0 Å². The molecule has 1 N–H and O–H groups in total. The maximum Gasteiger partial charge on any atom is 0.344 e. The van der Waals surface area contributed by atoms with Gasteiger partial charge >= 0.3 is 5.97 Å². The average molecular weight is 336 g/mol. The second-order valence-electron chi connectivity index (χ2n) is 4.12. The highest BCUT2D eigenvalue weighted by molar-refractivity contribution is 9.10. The molecule has 1 aromatic carbocycles. The maximum absolute atomic E-state index is 11.1. The van der Waals surface area contributed by atoms with Gasteiger partial charge in [-0.15, -0.1) is 0 Å². The number of unbranched alkanes of at least 4 members (excludes halogenated alkanes) is 1. The highest BCUT2D eigenvalue weighted by atomic mass is 79.9. The van der Waals surface area contributed by atoms with E-state index in [0.717, 1.165) is 22.9 Å². The Balaban J connectivity index is 2.90. The molecule has 0 aliphatic heterocycles. The standard InChI is InChI=1S/C13H16BrClO3/c1-3-4-5-11(13(16)17)18-12-8(2)6-9(14)7-10(12)15/h6-7,11H,3-5H2,1-2H3,(H,16,17). The first-order valence-electron chi connectivity index (χ1n) is 5.80. The third-order valence-corrected chi connectivity index (χ3v) is 3.29. The van der Waals surface area contributed by atoms with Gasteiger partial charge in [-0.05, 0) is 37.5 Å². The molecular weight excluding hydrogens is 319 g/mol. The molecule has 0 amide bonds. The van der Waals surface area contributed by atoms with Gasteiger partial charge in [-0.2, -0.15) is 0 Å². The Morgan fingerprint density at radius 3 is 2.72 bits per heavy atom. The molecule has 18 heavy (non-hydrogen) atoms. The van der Waals surface area contributed by atoms with Gasteiger partial charge in [0.25, 0.3) is 0 Å². The Morgan fingerprint density at radius 1 is 1.56 bits per heavy atom. The number of carboxylic acid groups (broad SMARTS) is 1. The van der Waals surface area contributed by atoms with Crippen molar-refractivity contribution in [3.05, 3.63) is 27.2 Å². The second-order valence-corrected chi connectivity index (χ2v) is 5.44. The number of ether oxygens (including phenoxy) is 1. The Morgan fingerprint density at radius 2 is 2.22 bits per heavy atom. The topological polar surface area (TPSA) is 46.5 Å². The summed E-state index contributed by atoms with van der Waals surface area (Å²) in [6, 6.07) is 3.54. The number of rotatable bonds is 6. The summed E-state index contributed by atoms with van der Waals surface area (Å²) in [4.78, 5) is 11.1. The summed E-state index contributed by atoms with van der Waals surface area (Å²) in [5.41, 5.74) is 0.817. The van der Waals surface area contributed by atoms with Gasteiger partial charge in [0.2, 0.25) is 0 Å². The van der Waals surface area contributed by atoms with Crippen LogP contribution in [0, 0.1) is 6.92 Å². The van der Waals surface area contributed by atoms with E-state index in [1.54, 1.807) is 6.07 Å². The highest BCUT2D eigenvalue weighted by Gasteiger charge is 2.21. The van der Waals surface area contributed by atoms with E-state index in [9.17, 15) is 4.79 Å². The molecule has 0 saturated heterocycles. The number of aryl methyl sites for hydroxylation is 1. The molecule has 0 aliphatic carbocycles. The number of halogens is 2. The van der Waals surface area contributed by atoms with Crippen molar-refractivity contribution >= 4 is 33.5 Å². The van der Waals surface area contributed by atoms with E-state index in [1.165, 1.54) is 0 Å². The fraction of sp³-hybridized carbons (Fsp3) is 0.462. The number of hydrogen-bond acceptors (Lipinski definition) is 2. The summed E-state index contributed by atoms with van der Waals surface area (Å²) in [5, 5.41) is 9.54. The van der Waals surface area contributed by atoms with Crippen molar-refractivity contribution in [1.82, 2.24) is 0 Å². The molecule has 0 aliphatic rings. The zero-order valence-electron chi connectivity index (χ0n) is 10.4. The van der Waals surface area contributed by atoms with Crippen molar-refractivity contribution in [2.75, 3.05) is 0 Å². The van der Waals surface area contributed by atoms with Gasteiger partial charge < -0.3 is 9.84 Å². The SMILES string of the molecule is CCCCC(Oc1c(C)cc(Br)cc1Cl)C(=O)O. The first kappa shape index (κ1) is 15.3. The molecule has 1 unspecified atom stereocenters. The van der Waals surface area contributed by atoms with Crippen LogP contribution in [0.1, 0.15) is 31.7 Å². The van der Waals surface area contributed by atoms with Crippen LogP contribution >= 0.6 is 27.5 Å². The normalized spacial score (nSPS) is 12.2. The van der Waals surface area contributed by atoms with Crippen LogP contribution in [0.5, 0.6) is 5.75 Å². The van der Waals surface area contributed by atoms with Crippen LogP contribution in [0.2, 0.25) is 5.02 Å². The molecule has 0 spiro atoms. The van der Waals surface area contributed by atoms with Crippen LogP contribution in [0.15, 0.2) is 16.6 Å². The molecule has 1 atom stereocenters. The Kier molecular flexibility index (Phi) is 5.96. The summed E-state index contributed by atoms with van der Waals surface area (Å²) in [5.74, 6) is -0.509. The maximum atomic E-state index is 11.1. The second kappa shape index (κ2) is 7.00. The van der Waals surface area contributed by atoms with Crippen LogP contribution in [-0.2, 0) is 4.79 Å². The van der Waals surface area contributed by atoms with E-state index in [4.69, 9.17) is 21.4 Å². The summed E-state index contributed by atoms with van der Waals surface area (Å²) in [6.45, 7) is 3.85. The summed E-state index contributed by atoms with van der Waals surface area (Å²) in [6.07, 6.45) is 1.38. The lowest BCUT2D eigenvalue weighted by Gasteiger charge is -2.17. The quantitative estimate of drug-likeness (QED) is 0.836. The molecule has 0 radical (unpaired) electrons. The van der Waals surface area contributed by atoms with Crippen LogP contribution in [0.3, 0.4) is 0 Å². The van der Waals surface area contributed by atoms with Crippen LogP contribution in [-0.4, -0.2) is 17.2 Å². The minimum atomic E-state index is -0.957. The zero-order chi connectivity index (χ0) is 13.7. The lowest BCUT2D eigenvalue weighted by Crippen LogP contribution is -2.27. The number of carbonyl (C=O) groups is 1. The lowest BCUT2D eigenvalue weighted by atomic mass is 10.1. The van der Waals surface area contributed by atoms with Gasteiger partial charge in [-0.25, -0.2) is 4.79 Å². The summed E-state index contributed by atoms with van der Waals surface area (Å²) < 4.78 is 6.39. The largest absolute Gasteiger partial charge is 0.479 e. The van der Waals surface area contributed by atoms with Gasteiger partial charge in [-0.1, -0.05) is 40.9 Å². The van der Waals surface area contributed by atoms with Crippen molar-refractivity contribution in [3.8, 4) is 5.75 Å². The predicted molar refractivity (Wildman–Crippen MR) is 75.5 cm³/mol. The molecule has 3 nitrogen and oxygen atoms in total. The Labute approximate surface area is 120 Å². The summed E-state index contributed by atoms with van der Waals surface area (Å²) in [7, 11) is 0. The number of benzene rings is 1. The van der Waals surface area contributed by atoms with E-state index in [0.29, 0.717) is 17.2 Å². The lowest BCUT2D eigenvalue weighted by molar-refractivity contribution is -0.145. The van der Waals surface area contributed by atoms with Crippen molar-refractivity contribution in [3.63, 3.8) is 0 Å². The number of aliphatic carboxylic acids is 1. The molecule has 100 valence electrons. The minimum absolute atomic E-state index is 0.421. The van der Waals surface area contributed by atoms with E-state index < -0.39 is 12.1 Å². The Hall–Kier alpha value is -0.740. The average Bonchev–Trinajstić information content (AvgIpc) is 2.26. The Bertz CT molecular complexity index is 411. The van der Waals surface area contributed by atoms with Gasteiger partial charge in [-0.3, -0.25) is 0 Å². The smallest absolute Gasteiger partial charge is 0.344 e. The molecule has 0 saturated carbocycles. The zero-order valence-corrected chi connectivity index (χ0v) is 12.7. The van der Waals surface area contributed by atoms with Crippen molar-refractivity contribution in [2.24, 2.45) is 0 Å². The van der Waals surface area contributed by atoms with Crippen LogP contribution in [0.4, 0.5) is 0 Å². The van der Waals surface area contributed by atoms with Crippen molar-refractivity contribution < 1.29 is 14.6 Å². The molecule has 0 bridgehead atoms. The number of carboxylic acids is 1. The molecule has 1 aromatic rings. The molecule has 0 aromatic heterocycles. The first-order valence-corrected chi connectivity index (χ1v) is 6.98. The van der Waals surface area contributed by atoms with Gasteiger partial charge in [0, 0.05) is 4.47 Å². The van der Waals surface area contributed by atoms with Crippen LogP contribution < -0.4 is 4.74 Å². The van der Waals surface area contributed by atoms with E-state index in [-0.39, 0.29) is 0 Å². The first-order chi connectivity index (χ1) is 8.45. The monoisotopic (exact) mass is 334 g/mol. The van der Waals surface area contributed by atoms with Crippen molar-refractivity contribution in [2.45, 2.75) is 39.2 Å². The van der Waals surface area contributed by atoms with E-state index in [1.807, 2.05) is 19.9 Å². The third kappa shape index (κ3) is 4.18. The third-order valence-electron chi connectivity index (χ3n) is 2.55. The van der Waals surface area contributed by atoms with Gasteiger partial charge in [0.15, 0.2) is 6.10 Å². The fourth-order valence-corrected chi connectivity index (χ4v) is 2.62. The minimum Gasteiger partial charge on any atom is -0.479 e. The van der Waals surface area contributed by atoms with Gasteiger partial charge in [0.05, 0.1) is 5.02 Å². The fourth-order valence-electron chi connectivity index (χ4n) is 1.60. The van der Waals surface area contributed by atoms with Gasteiger partial charge in [0.1, 0.15) is 5.75 Å². The molecule has 1 rings (SSSR count). The highest BCUT2D eigenvalue weighted by Crippen LogP contribution is 2.33. The molecular formula is C13H16BrClO3. The molecule has 5 heteroatoms. The van der Waals surface area contributed by atoms with E-state index >= 15 is 0 Å². The summed E-state index contributed by atoms with van der Waals surface area (Å²) >= 11 is 9.40. The predicted octanol–water partition coefficient (Wildman–Crippen LogP) is 4.43. The number of hydrogen-bond donors (Lipinski definition) is 1. The van der Waals surface area contributed by atoms with E-state index in [2.05, 4.69) is 15.9 Å². The molecule has 0 heterocycles. The van der Waals surface area contributed by atoms with Crippen LogP contribution in [0.25, 0.3) is 0 Å². The molecule has 0 fully saturated rings.